The van der Waals surface area contributed by atoms with Crippen LogP contribution in [0.5, 0.6) is 0 Å². The Labute approximate surface area is 64.8 Å². The van der Waals surface area contributed by atoms with Gasteiger partial charge in [0.2, 0.25) is 0 Å². The molecule has 0 saturated carbocycles. The van der Waals surface area contributed by atoms with Crippen LogP contribution in [-0.2, 0) is 4.79 Å². The molecule has 0 spiro atoms. The highest BCUT2D eigenvalue weighted by atomic mass is 19.1. The lowest BCUT2D eigenvalue weighted by molar-refractivity contribution is -0.146. The second-order valence-electron chi connectivity index (χ2n) is 3.01. The van der Waals surface area contributed by atoms with Crippen molar-refractivity contribution in [2.75, 3.05) is 20.1 Å². The van der Waals surface area contributed by atoms with E-state index in [-0.39, 0.29) is 6.54 Å². The summed E-state index contributed by atoms with van der Waals surface area (Å²) >= 11 is 0. The summed E-state index contributed by atoms with van der Waals surface area (Å²) in [4.78, 5) is 12.2. The van der Waals surface area contributed by atoms with Gasteiger partial charge in [0.25, 0.3) is 0 Å². The largest absolute Gasteiger partial charge is 0.481 e. The van der Waals surface area contributed by atoms with Crippen LogP contribution in [0.25, 0.3) is 0 Å². The molecule has 1 aliphatic rings. The fourth-order valence-corrected chi connectivity index (χ4v) is 1.33. The monoisotopic (exact) mass is 161 g/mol. The van der Waals surface area contributed by atoms with E-state index >= 15 is 0 Å². The number of hydrogen-bond acceptors (Lipinski definition) is 2. The van der Waals surface area contributed by atoms with Crippen molar-refractivity contribution in [3.8, 4) is 0 Å². The highest BCUT2D eigenvalue weighted by Gasteiger charge is 2.32. The normalized spacial score (nSPS) is 33.6. The minimum absolute atomic E-state index is 0.247. The predicted octanol–water partition coefficient (Wildman–Crippen LogP) is 0.361. The molecule has 0 radical (unpaired) electrons. The highest BCUT2D eigenvalue weighted by Crippen LogP contribution is 2.19. The van der Waals surface area contributed by atoms with Crippen molar-refractivity contribution in [1.29, 1.82) is 0 Å². The standard InChI is InChI=1S/C7H12FNO2/c1-9-3-2-5(7(10)11)6(8)4-9/h5-6H,2-4H2,1H3,(H,10,11)/t5-,6-/m1/s1. The van der Waals surface area contributed by atoms with E-state index in [9.17, 15) is 9.18 Å². The molecule has 0 aromatic carbocycles. The molecule has 1 N–H and O–H groups in total. The maximum absolute atomic E-state index is 12.9. The van der Waals surface area contributed by atoms with E-state index in [1.54, 1.807) is 7.05 Å². The molecule has 1 fully saturated rings. The molecule has 0 bridgehead atoms. The van der Waals surface area contributed by atoms with Crippen LogP contribution in [0.1, 0.15) is 6.42 Å². The third-order valence-electron chi connectivity index (χ3n) is 2.06. The molecule has 2 atom stereocenters. The van der Waals surface area contributed by atoms with Gasteiger partial charge in [-0.15, -0.1) is 0 Å². The van der Waals surface area contributed by atoms with Crippen molar-refractivity contribution in [3.05, 3.63) is 0 Å². The van der Waals surface area contributed by atoms with Crippen molar-refractivity contribution in [2.45, 2.75) is 12.6 Å². The van der Waals surface area contributed by atoms with Gasteiger partial charge in [0, 0.05) is 6.54 Å². The Hall–Kier alpha value is -0.640. The molecule has 0 unspecified atom stereocenters. The maximum Gasteiger partial charge on any atom is 0.309 e. The van der Waals surface area contributed by atoms with Crippen LogP contribution in [0.4, 0.5) is 4.39 Å². The summed E-state index contributed by atoms with van der Waals surface area (Å²) in [6.45, 7) is 0.925. The first-order valence-electron chi connectivity index (χ1n) is 3.66. The molecule has 11 heavy (non-hydrogen) atoms. The second kappa shape index (κ2) is 3.17. The number of likely N-dealkylation sites (tertiary alicyclic amines) is 1. The number of rotatable bonds is 1. The van der Waals surface area contributed by atoms with E-state index in [1.807, 2.05) is 4.90 Å². The van der Waals surface area contributed by atoms with Crippen molar-refractivity contribution in [1.82, 2.24) is 4.90 Å². The third kappa shape index (κ3) is 1.89. The molecule has 3 nitrogen and oxygen atoms in total. The van der Waals surface area contributed by atoms with Gasteiger partial charge in [-0.2, -0.15) is 0 Å². The molecule has 0 aliphatic carbocycles. The average Bonchev–Trinajstić information content (AvgIpc) is 1.85. The van der Waals surface area contributed by atoms with Crippen LogP contribution in [0.2, 0.25) is 0 Å². The van der Waals surface area contributed by atoms with Crippen LogP contribution in [0.3, 0.4) is 0 Å². The van der Waals surface area contributed by atoms with Gasteiger partial charge in [0.1, 0.15) is 6.17 Å². The van der Waals surface area contributed by atoms with Crippen molar-refractivity contribution in [2.24, 2.45) is 5.92 Å². The van der Waals surface area contributed by atoms with E-state index in [2.05, 4.69) is 0 Å². The molecule has 1 aliphatic heterocycles. The van der Waals surface area contributed by atoms with Crippen molar-refractivity contribution >= 4 is 5.97 Å². The maximum atomic E-state index is 12.9. The average molecular weight is 161 g/mol. The van der Waals surface area contributed by atoms with Crippen LogP contribution < -0.4 is 0 Å². The lowest BCUT2D eigenvalue weighted by Gasteiger charge is -2.29. The van der Waals surface area contributed by atoms with Crippen molar-refractivity contribution in [3.63, 3.8) is 0 Å². The van der Waals surface area contributed by atoms with Gasteiger partial charge in [-0.25, -0.2) is 4.39 Å². The SMILES string of the molecule is CN1CC[C@@H](C(=O)O)[C@H](F)C1. The third-order valence-corrected chi connectivity index (χ3v) is 2.06. The fourth-order valence-electron chi connectivity index (χ4n) is 1.33. The van der Waals surface area contributed by atoms with E-state index in [4.69, 9.17) is 5.11 Å². The number of carboxylic acid groups (broad SMARTS) is 1. The smallest absolute Gasteiger partial charge is 0.309 e. The van der Waals surface area contributed by atoms with E-state index < -0.39 is 18.1 Å². The Morgan fingerprint density at radius 2 is 2.36 bits per heavy atom. The fraction of sp³-hybridized carbons (Fsp3) is 0.857. The Balaban J connectivity index is 2.50. The number of hydrogen-bond donors (Lipinski definition) is 1. The predicted molar refractivity (Wildman–Crippen MR) is 38.1 cm³/mol. The first-order chi connectivity index (χ1) is 5.11. The molecule has 4 heteroatoms. The lowest BCUT2D eigenvalue weighted by atomic mass is 9.96. The quantitative estimate of drug-likeness (QED) is 0.603. The summed E-state index contributed by atoms with van der Waals surface area (Å²) in [5, 5.41) is 8.54. The molecule has 1 heterocycles. The van der Waals surface area contributed by atoms with E-state index in [0.29, 0.717) is 13.0 Å². The number of nitrogens with zero attached hydrogens (tertiary/aromatic N) is 1. The van der Waals surface area contributed by atoms with Crippen LogP contribution in [0, 0.1) is 5.92 Å². The minimum atomic E-state index is -1.20. The zero-order valence-electron chi connectivity index (χ0n) is 6.46. The van der Waals surface area contributed by atoms with Gasteiger partial charge >= 0.3 is 5.97 Å². The molecule has 0 amide bonds. The first-order valence-corrected chi connectivity index (χ1v) is 3.66. The number of piperidine rings is 1. The zero-order valence-corrected chi connectivity index (χ0v) is 6.46. The summed E-state index contributed by atoms with van der Waals surface area (Å²) in [5.41, 5.74) is 0. The van der Waals surface area contributed by atoms with E-state index in [0.717, 1.165) is 0 Å². The summed E-state index contributed by atoms with van der Waals surface area (Å²) in [6, 6.07) is 0. The molecule has 1 saturated heterocycles. The summed E-state index contributed by atoms with van der Waals surface area (Å²) in [5.74, 6) is -1.79. The van der Waals surface area contributed by atoms with Gasteiger partial charge in [-0.3, -0.25) is 4.79 Å². The van der Waals surface area contributed by atoms with Crippen LogP contribution in [0.15, 0.2) is 0 Å². The number of carboxylic acids is 1. The molecule has 64 valence electrons. The summed E-state index contributed by atoms with van der Waals surface area (Å²) < 4.78 is 12.9. The molecule has 1 rings (SSSR count). The Bertz CT molecular complexity index is 163. The molecular formula is C7H12FNO2. The molecule has 0 aromatic rings. The molecular weight excluding hydrogens is 149 g/mol. The van der Waals surface area contributed by atoms with Gasteiger partial charge in [-0.05, 0) is 20.0 Å². The van der Waals surface area contributed by atoms with E-state index in [1.165, 1.54) is 0 Å². The topological polar surface area (TPSA) is 40.5 Å². The first kappa shape index (κ1) is 8.46. The Kier molecular flexibility index (Phi) is 2.44. The lowest BCUT2D eigenvalue weighted by Crippen LogP contribution is -2.42. The van der Waals surface area contributed by atoms with Gasteiger partial charge in [0.05, 0.1) is 5.92 Å². The van der Waals surface area contributed by atoms with Gasteiger partial charge in [-0.1, -0.05) is 0 Å². The van der Waals surface area contributed by atoms with Gasteiger partial charge in [0.15, 0.2) is 0 Å². The highest BCUT2D eigenvalue weighted by molar-refractivity contribution is 5.70. The van der Waals surface area contributed by atoms with Gasteiger partial charge < -0.3 is 10.0 Å². The number of alkyl halides is 1. The van der Waals surface area contributed by atoms with Crippen molar-refractivity contribution < 1.29 is 14.3 Å². The number of aliphatic carboxylic acids is 1. The number of halogens is 1. The molecule has 0 aromatic heterocycles. The Morgan fingerprint density at radius 1 is 1.73 bits per heavy atom. The summed E-state index contributed by atoms with van der Waals surface area (Å²) in [6.07, 6.45) is -0.779. The second-order valence-corrected chi connectivity index (χ2v) is 3.01. The van der Waals surface area contributed by atoms with Crippen LogP contribution >= 0.6 is 0 Å². The zero-order chi connectivity index (χ0) is 8.43. The number of carbonyl (C=O) groups is 1. The minimum Gasteiger partial charge on any atom is -0.481 e. The summed E-state index contributed by atoms with van der Waals surface area (Å²) in [7, 11) is 1.80. The van der Waals surface area contributed by atoms with Crippen LogP contribution in [-0.4, -0.2) is 42.3 Å². The Morgan fingerprint density at radius 3 is 2.82 bits per heavy atom.